The molecular formula is C14H11BrClFN2O. The molecule has 1 amide bonds. The molecule has 0 saturated heterocycles. The topological polar surface area (TPSA) is 41.1 Å². The predicted molar refractivity (Wildman–Crippen MR) is 82.7 cm³/mol. The van der Waals surface area contributed by atoms with Crippen LogP contribution in [0.1, 0.15) is 0 Å². The van der Waals surface area contributed by atoms with Gasteiger partial charge in [-0.2, -0.15) is 0 Å². The van der Waals surface area contributed by atoms with Gasteiger partial charge in [0, 0.05) is 15.8 Å². The van der Waals surface area contributed by atoms with Gasteiger partial charge in [0.25, 0.3) is 0 Å². The van der Waals surface area contributed by atoms with Crippen LogP contribution in [0.2, 0.25) is 5.02 Å². The molecule has 2 aromatic rings. The van der Waals surface area contributed by atoms with E-state index >= 15 is 0 Å². The normalized spacial score (nSPS) is 10.2. The largest absolute Gasteiger partial charge is 0.376 e. The summed E-state index contributed by atoms with van der Waals surface area (Å²) >= 11 is 8.99. The highest BCUT2D eigenvalue weighted by Crippen LogP contribution is 2.19. The average molecular weight is 358 g/mol. The molecule has 0 bridgehead atoms. The minimum atomic E-state index is -0.517. The van der Waals surface area contributed by atoms with E-state index in [1.165, 1.54) is 18.2 Å². The van der Waals surface area contributed by atoms with Crippen LogP contribution in [0, 0.1) is 5.82 Å². The molecule has 0 aliphatic rings. The van der Waals surface area contributed by atoms with Crippen molar-refractivity contribution in [1.29, 1.82) is 0 Å². The molecule has 6 heteroatoms. The number of benzene rings is 2. The predicted octanol–water partition coefficient (Wildman–Crippen LogP) is 4.29. The first-order chi connectivity index (χ1) is 9.54. The Morgan fingerprint density at radius 3 is 2.70 bits per heavy atom. The van der Waals surface area contributed by atoms with Crippen molar-refractivity contribution in [1.82, 2.24) is 0 Å². The van der Waals surface area contributed by atoms with Crippen molar-refractivity contribution in [2.75, 3.05) is 17.2 Å². The van der Waals surface area contributed by atoms with Crippen molar-refractivity contribution in [3.63, 3.8) is 0 Å². The number of anilines is 2. The van der Waals surface area contributed by atoms with Gasteiger partial charge in [0.05, 0.1) is 11.6 Å². The molecule has 0 fully saturated rings. The van der Waals surface area contributed by atoms with Gasteiger partial charge in [-0.3, -0.25) is 4.79 Å². The van der Waals surface area contributed by atoms with Crippen molar-refractivity contribution < 1.29 is 9.18 Å². The molecule has 104 valence electrons. The lowest BCUT2D eigenvalue weighted by atomic mass is 10.3. The monoisotopic (exact) mass is 356 g/mol. The van der Waals surface area contributed by atoms with Gasteiger partial charge in [-0.15, -0.1) is 0 Å². The van der Waals surface area contributed by atoms with Crippen molar-refractivity contribution >= 4 is 44.8 Å². The number of hydrogen-bond acceptors (Lipinski definition) is 2. The van der Waals surface area contributed by atoms with Crippen LogP contribution in [-0.4, -0.2) is 12.5 Å². The van der Waals surface area contributed by atoms with Crippen LogP contribution in [0.5, 0.6) is 0 Å². The van der Waals surface area contributed by atoms with E-state index in [0.29, 0.717) is 5.69 Å². The third-order valence-corrected chi connectivity index (χ3v) is 3.26. The highest BCUT2D eigenvalue weighted by atomic mass is 79.9. The Kier molecular flexibility index (Phi) is 4.98. The smallest absolute Gasteiger partial charge is 0.243 e. The third-order valence-electron chi connectivity index (χ3n) is 2.48. The van der Waals surface area contributed by atoms with Gasteiger partial charge in [-0.1, -0.05) is 33.6 Å². The number of rotatable bonds is 4. The van der Waals surface area contributed by atoms with E-state index in [9.17, 15) is 9.18 Å². The molecule has 2 N–H and O–H groups in total. The van der Waals surface area contributed by atoms with Crippen LogP contribution in [0.25, 0.3) is 0 Å². The SMILES string of the molecule is O=C(CNc1cccc(Br)c1)Nc1ccc(F)c(Cl)c1. The minimum absolute atomic E-state index is 0.0252. The van der Waals surface area contributed by atoms with Crippen LogP contribution in [-0.2, 0) is 4.79 Å². The van der Waals surface area contributed by atoms with E-state index < -0.39 is 5.82 Å². The van der Waals surface area contributed by atoms with Gasteiger partial charge in [0.15, 0.2) is 0 Å². The first-order valence-electron chi connectivity index (χ1n) is 5.79. The van der Waals surface area contributed by atoms with Gasteiger partial charge in [0.2, 0.25) is 5.91 Å². The van der Waals surface area contributed by atoms with Crippen LogP contribution in [0.15, 0.2) is 46.9 Å². The van der Waals surface area contributed by atoms with E-state index in [2.05, 4.69) is 26.6 Å². The number of halogens is 3. The van der Waals surface area contributed by atoms with Crippen LogP contribution in [0.3, 0.4) is 0 Å². The van der Waals surface area contributed by atoms with Gasteiger partial charge in [-0.25, -0.2) is 4.39 Å². The van der Waals surface area contributed by atoms with Gasteiger partial charge < -0.3 is 10.6 Å². The fraction of sp³-hybridized carbons (Fsp3) is 0.0714. The maximum absolute atomic E-state index is 13.0. The molecule has 3 nitrogen and oxygen atoms in total. The number of amides is 1. The summed E-state index contributed by atoms with van der Waals surface area (Å²) in [6.07, 6.45) is 0. The molecule has 0 spiro atoms. The first kappa shape index (κ1) is 14.8. The lowest BCUT2D eigenvalue weighted by Gasteiger charge is -2.08. The molecule has 0 unspecified atom stereocenters. The van der Waals surface area contributed by atoms with Gasteiger partial charge >= 0.3 is 0 Å². The van der Waals surface area contributed by atoms with Crippen molar-refractivity contribution in [3.05, 3.63) is 57.8 Å². The van der Waals surface area contributed by atoms with E-state index in [1.807, 2.05) is 24.3 Å². The summed E-state index contributed by atoms with van der Waals surface area (Å²) in [5, 5.41) is 5.59. The van der Waals surface area contributed by atoms with Gasteiger partial charge in [-0.05, 0) is 36.4 Å². The molecule has 0 aliphatic carbocycles. The van der Waals surface area contributed by atoms with Crippen LogP contribution < -0.4 is 10.6 Å². The van der Waals surface area contributed by atoms with E-state index in [4.69, 9.17) is 11.6 Å². The Morgan fingerprint density at radius 1 is 1.20 bits per heavy atom. The Morgan fingerprint density at radius 2 is 2.00 bits per heavy atom. The highest BCUT2D eigenvalue weighted by molar-refractivity contribution is 9.10. The van der Waals surface area contributed by atoms with Crippen molar-refractivity contribution in [2.45, 2.75) is 0 Å². The van der Waals surface area contributed by atoms with Crippen LogP contribution in [0.4, 0.5) is 15.8 Å². The second kappa shape index (κ2) is 6.72. The minimum Gasteiger partial charge on any atom is -0.376 e. The zero-order valence-electron chi connectivity index (χ0n) is 10.3. The fourth-order valence-corrected chi connectivity index (χ4v) is 2.14. The van der Waals surface area contributed by atoms with Crippen LogP contribution >= 0.6 is 27.5 Å². The fourth-order valence-electron chi connectivity index (χ4n) is 1.56. The maximum Gasteiger partial charge on any atom is 0.243 e. The maximum atomic E-state index is 13.0. The number of hydrogen-bond donors (Lipinski definition) is 2. The molecule has 0 radical (unpaired) electrons. The second-order valence-corrected chi connectivity index (χ2v) is 5.36. The van der Waals surface area contributed by atoms with E-state index in [1.54, 1.807) is 0 Å². The Balaban J connectivity index is 1.91. The summed E-state index contributed by atoms with van der Waals surface area (Å²) < 4.78 is 13.9. The van der Waals surface area contributed by atoms with Crippen molar-refractivity contribution in [3.8, 4) is 0 Å². The number of carbonyl (C=O) groups excluding carboxylic acids is 1. The lowest BCUT2D eigenvalue weighted by Crippen LogP contribution is -2.21. The zero-order chi connectivity index (χ0) is 14.5. The molecule has 0 aromatic heterocycles. The Bertz CT molecular complexity index is 636. The molecule has 20 heavy (non-hydrogen) atoms. The first-order valence-corrected chi connectivity index (χ1v) is 6.96. The third kappa shape index (κ3) is 4.21. The number of nitrogens with one attached hydrogen (secondary N) is 2. The summed E-state index contributed by atoms with van der Waals surface area (Å²) in [5.41, 5.74) is 1.28. The molecule has 0 atom stereocenters. The summed E-state index contributed by atoms with van der Waals surface area (Å²) in [6, 6.07) is 11.5. The quantitative estimate of drug-likeness (QED) is 0.857. The standard InChI is InChI=1S/C14H11BrClFN2O/c15-9-2-1-3-10(6-9)18-8-14(20)19-11-4-5-13(17)12(16)7-11/h1-7,18H,8H2,(H,19,20). The summed E-state index contributed by atoms with van der Waals surface area (Å²) in [6.45, 7) is 0.103. The lowest BCUT2D eigenvalue weighted by molar-refractivity contribution is -0.114. The Hall–Kier alpha value is -1.59. The second-order valence-electron chi connectivity index (χ2n) is 4.04. The summed E-state index contributed by atoms with van der Waals surface area (Å²) in [5.74, 6) is -0.760. The summed E-state index contributed by atoms with van der Waals surface area (Å²) in [7, 11) is 0. The van der Waals surface area contributed by atoms with Gasteiger partial charge in [0.1, 0.15) is 5.82 Å². The summed E-state index contributed by atoms with van der Waals surface area (Å²) in [4.78, 5) is 11.7. The van der Waals surface area contributed by atoms with E-state index in [-0.39, 0.29) is 17.5 Å². The highest BCUT2D eigenvalue weighted by Gasteiger charge is 2.05. The average Bonchev–Trinajstić information content (AvgIpc) is 2.41. The van der Waals surface area contributed by atoms with Crippen molar-refractivity contribution in [2.24, 2.45) is 0 Å². The molecular weight excluding hydrogens is 347 g/mol. The van der Waals surface area contributed by atoms with E-state index in [0.717, 1.165) is 10.2 Å². The molecule has 0 saturated carbocycles. The number of carbonyl (C=O) groups is 1. The zero-order valence-corrected chi connectivity index (χ0v) is 12.6. The molecule has 0 heterocycles. The molecule has 2 aromatic carbocycles. The molecule has 0 aliphatic heterocycles. The Labute approximate surface area is 129 Å². The molecule has 2 rings (SSSR count).